The largest absolute Gasteiger partial charge is 0.340 e. The highest BCUT2D eigenvalue weighted by Gasteiger charge is 2.25. The van der Waals surface area contributed by atoms with Crippen LogP contribution in [0.15, 0.2) is 30.6 Å². The van der Waals surface area contributed by atoms with Crippen molar-refractivity contribution >= 4 is 17.7 Å². The van der Waals surface area contributed by atoms with Crippen LogP contribution < -0.4 is 0 Å². The Morgan fingerprint density at radius 2 is 2.13 bits per heavy atom. The predicted octanol–water partition coefficient (Wildman–Crippen LogP) is 1.80. The van der Waals surface area contributed by atoms with Gasteiger partial charge in [0.15, 0.2) is 0 Å². The van der Waals surface area contributed by atoms with Crippen LogP contribution in [0.4, 0.5) is 0 Å². The Kier molecular flexibility index (Phi) is 4.95. The fourth-order valence-electron chi connectivity index (χ4n) is 2.64. The lowest BCUT2D eigenvalue weighted by molar-refractivity contribution is -0.130. The molecular formula is C16H21N5OS. The molecular weight excluding hydrogens is 310 g/mol. The molecule has 1 aliphatic rings. The lowest BCUT2D eigenvalue weighted by atomic mass is 10.1. The van der Waals surface area contributed by atoms with Crippen LogP contribution in [-0.2, 0) is 11.2 Å². The molecule has 0 N–H and O–H groups in total. The van der Waals surface area contributed by atoms with Crippen LogP contribution in [0.5, 0.6) is 0 Å². The van der Waals surface area contributed by atoms with Gasteiger partial charge in [-0.1, -0.05) is 26.0 Å². The number of carbonyl (C=O) groups excluding carboxylic acids is 1. The third-order valence-electron chi connectivity index (χ3n) is 4.09. The summed E-state index contributed by atoms with van der Waals surface area (Å²) in [6, 6.07) is 7.80. The van der Waals surface area contributed by atoms with Gasteiger partial charge in [0.05, 0.1) is 12.1 Å². The number of hydrogen-bond acceptors (Lipinski definition) is 5. The van der Waals surface area contributed by atoms with Gasteiger partial charge in [-0.3, -0.25) is 4.79 Å². The highest BCUT2D eigenvalue weighted by molar-refractivity contribution is 8.00. The third kappa shape index (κ3) is 3.90. The Hall–Kier alpha value is -1.89. The molecule has 1 atom stereocenters. The van der Waals surface area contributed by atoms with Gasteiger partial charge >= 0.3 is 0 Å². The van der Waals surface area contributed by atoms with Gasteiger partial charge in [-0.2, -0.15) is 11.8 Å². The van der Waals surface area contributed by atoms with Crippen LogP contribution in [0.2, 0.25) is 0 Å². The Bertz CT molecular complexity index is 641. The topological polar surface area (TPSA) is 63.9 Å². The molecule has 0 spiro atoms. The van der Waals surface area contributed by atoms with Gasteiger partial charge in [-0.05, 0) is 34.0 Å². The van der Waals surface area contributed by atoms with Crippen LogP contribution in [-0.4, -0.2) is 55.1 Å². The summed E-state index contributed by atoms with van der Waals surface area (Å²) < 4.78 is 1.60. The van der Waals surface area contributed by atoms with Crippen LogP contribution in [0.3, 0.4) is 0 Å². The summed E-state index contributed by atoms with van der Waals surface area (Å²) >= 11 is 1.98. The third-order valence-corrected chi connectivity index (χ3v) is 5.63. The quantitative estimate of drug-likeness (QED) is 0.855. The maximum Gasteiger partial charge on any atom is 0.227 e. The van der Waals surface area contributed by atoms with Gasteiger partial charge < -0.3 is 4.90 Å². The summed E-state index contributed by atoms with van der Waals surface area (Å²) in [6.45, 7) is 6.17. The van der Waals surface area contributed by atoms with Gasteiger partial charge in [0.2, 0.25) is 5.91 Å². The fraction of sp³-hybridized carbons (Fsp3) is 0.500. The molecule has 1 aromatic carbocycles. The zero-order chi connectivity index (χ0) is 16.2. The van der Waals surface area contributed by atoms with Crippen LogP contribution >= 0.6 is 11.8 Å². The number of aromatic nitrogens is 4. The minimum atomic E-state index is 0.214. The maximum absolute atomic E-state index is 12.5. The van der Waals surface area contributed by atoms with Gasteiger partial charge in [0.1, 0.15) is 6.33 Å². The second kappa shape index (κ2) is 7.12. The van der Waals surface area contributed by atoms with E-state index in [0.29, 0.717) is 17.6 Å². The van der Waals surface area contributed by atoms with E-state index in [9.17, 15) is 4.79 Å². The van der Waals surface area contributed by atoms with E-state index in [1.807, 2.05) is 40.9 Å². The summed E-state index contributed by atoms with van der Waals surface area (Å²) in [4.78, 5) is 14.5. The number of tetrazole rings is 1. The summed E-state index contributed by atoms with van der Waals surface area (Å²) in [6.07, 6.45) is 2.00. The van der Waals surface area contributed by atoms with Crippen LogP contribution in [0.25, 0.3) is 5.69 Å². The van der Waals surface area contributed by atoms with Gasteiger partial charge in [-0.15, -0.1) is 5.10 Å². The first-order chi connectivity index (χ1) is 11.1. The molecule has 0 unspecified atom stereocenters. The Morgan fingerprint density at radius 1 is 1.35 bits per heavy atom. The predicted molar refractivity (Wildman–Crippen MR) is 90.5 cm³/mol. The number of hydrogen-bond donors (Lipinski definition) is 0. The minimum absolute atomic E-state index is 0.214. The molecule has 0 saturated carbocycles. The zero-order valence-electron chi connectivity index (χ0n) is 13.4. The standard InChI is InChI=1S/C16H21N5OS/c1-12(2)15-10-20(7-8-23-15)16(22)9-13-3-5-14(6-4-13)21-11-17-18-19-21/h3-6,11-12,15H,7-10H2,1-2H3/t15-/m1/s1. The molecule has 3 rings (SSSR count). The smallest absolute Gasteiger partial charge is 0.227 e. The van der Waals surface area contributed by atoms with E-state index in [2.05, 4.69) is 29.4 Å². The number of rotatable bonds is 4. The highest BCUT2D eigenvalue weighted by Crippen LogP contribution is 2.25. The van der Waals surface area contributed by atoms with Gasteiger partial charge in [0.25, 0.3) is 0 Å². The SMILES string of the molecule is CC(C)[C@H]1CN(C(=O)Cc2ccc(-n3cnnn3)cc2)CCS1. The van der Waals surface area contributed by atoms with E-state index in [1.165, 1.54) is 0 Å². The van der Waals surface area contributed by atoms with E-state index in [1.54, 1.807) is 11.0 Å². The van der Waals surface area contributed by atoms with Crippen molar-refractivity contribution in [3.05, 3.63) is 36.2 Å². The van der Waals surface area contributed by atoms with E-state index in [0.717, 1.165) is 30.1 Å². The minimum Gasteiger partial charge on any atom is -0.340 e. The summed E-state index contributed by atoms with van der Waals surface area (Å²) in [5, 5.41) is 11.6. The Labute approximate surface area is 140 Å². The van der Waals surface area contributed by atoms with Crippen LogP contribution in [0.1, 0.15) is 19.4 Å². The van der Waals surface area contributed by atoms with Crippen molar-refractivity contribution in [1.82, 2.24) is 25.1 Å². The number of thioether (sulfide) groups is 1. The van der Waals surface area contributed by atoms with Crippen molar-refractivity contribution in [2.45, 2.75) is 25.5 Å². The summed E-state index contributed by atoms with van der Waals surface area (Å²) in [7, 11) is 0. The summed E-state index contributed by atoms with van der Waals surface area (Å²) in [5.74, 6) is 1.85. The van der Waals surface area contributed by atoms with E-state index in [-0.39, 0.29) is 5.91 Å². The maximum atomic E-state index is 12.5. The molecule has 1 saturated heterocycles. The number of amides is 1. The molecule has 1 aliphatic heterocycles. The number of carbonyl (C=O) groups is 1. The van der Waals surface area contributed by atoms with E-state index < -0.39 is 0 Å². The second-order valence-electron chi connectivity index (χ2n) is 6.09. The monoisotopic (exact) mass is 331 g/mol. The molecule has 1 amide bonds. The molecule has 1 fully saturated rings. The lowest BCUT2D eigenvalue weighted by Gasteiger charge is -2.34. The van der Waals surface area contributed by atoms with Crippen molar-refractivity contribution in [3.8, 4) is 5.69 Å². The number of nitrogens with zero attached hydrogens (tertiary/aromatic N) is 5. The molecule has 0 bridgehead atoms. The van der Waals surface area contributed by atoms with Crippen LogP contribution in [0, 0.1) is 5.92 Å². The molecule has 7 heteroatoms. The first kappa shape index (κ1) is 16.0. The number of benzene rings is 1. The molecule has 23 heavy (non-hydrogen) atoms. The molecule has 2 heterocycles. The van der Waals surface area contributed by atoms with E-state index >= 15 is 0 Å². The average Bonchev–Trinajstić information content (AvgIpc) is 3.10. The zero-order valence-corrected chi connectivity index (χ0v) is 14.2. The summed E-state index contributed by atoms with van der Waals surface area (Å²) in [5.41, 5.74) is 1.91. The van der Waals surface area contributed by atoms with Gasteiger partial charge in [-0.25, -0.2) is 4.68 Å². The lowest BCUT2D eigenvalue weighted by Crippen LogP contribution is -2.44. The molecule has 6 nitrogen and oxygen atoms in total. The van der Waals surface area contributed by atoms with E-state index in [4.69, 9.17) is 0 Å². The Balaban J connectivity index is 1.61. The molecule has 2 aromatic rings. The molecule has 122 valence electrons. The second-order valence-corrected chi connectivity index (χ2v) is 7.44. The van der Waals surface area contributed by atoms with Crippen molar-refractivity contribution in [2.75, 3.05) is 18.8 Å². The van der Waals surface area contributed by atoms with Crippen molar-refractivity contribution in [1.29, 1.82) is 0 Å². The molecule has 0 radical (unpaired) electrons. The van der Waals surface area contributed by atoms with Crippen molar-refractivity contribution in [2.24, 2.45) is 5.92 Å². The normalized spacial score (nSPS) is 18.4. The average molecular weight is 331 g/mol. The van der Waals surface area contributed by atoms with Crippen molar-refractivity contribution in [3.63, 3.8) is 0 Å². The Morgan fingerprint density at radius 3 is 2.78 bits per heavy atom. The molecule has 1 aromatic heterocycles. The molecule has 0 aliphatic carbocycles. The first-order valence-corrected chi connectivity index (χ1v) is 8.90. The highest BCUT2D eigenvalue weighted by atomic mass is 32.2. The first-order valence-electron chi connectivity index (χ1n) is 7.85. The van der Waals surface area contributed by atoms with Gasteiger partial charge in [0, 0.05) is 24.1 Å². The van der Waals surface area contributed by atoms with Crippen molar-refractivity contribution < 1.29 is 4.79 Å². The fourth-order valence-corrected chi connectivity index (χ4v) is 3.94.